The van der Waals surface area contributed by atoms with Gasteiger partial charge in [0.1, 0.15) is 11.4 Å². The third kappa shape index (κ3) is 4.18. The lowest BCUT2D eigenvalue weighted by molar-refractivity contribution is 0.475. The molecule has 0 aliphatic carbocycles. The molecule has 0 spiro atoms. The molecular weight excluding hydrogens is 488 g/mol. The summed E-state index contributed by atoms with van der Waals surface area (Å²) in [5.74, 6) is -0.889. The van der Waals surface area contributed by atoms with Crippen LogP contribution in [0.1, 0.15) is 27.9 Å². The van der Waals surface area contributed by atoms with Crippen molar-refractivity contribution in [2.75, 3.05) is 5.73 Å². The Hall–Kier alpha value is -5.03. The van der Waals surface area contributed by atoms with E-state index < -0.39 is 11.4 Å². The molecule has 190 valence electrons. The number of halogens is 2. The molecule has 3 nitrogen and oxygen atoms in total. The number of fused-ring (bicyclic) bond motifs is 1. The van der Waals surface area contributed by atoms with Gasteiger partial charge in [-0.25, -0.2) is 13.5 Å². The van der Waals surface area contributed by atoms with Crippen LogP contribution < -0.4 is 5.73 Å². The minimum Gasteiger partial charge on any atom is -0.396 e. The SMILES string of the molecule is Nc1ccc2c(c(/C=C/c3cccc(F)c3)nn2C(c2ccccc2)(c2ccccc2)c2ccccc2)c1F. The zero-order chi connectivity index (χ0) is 26.8. The molecule has 1 aromatic heterocycles. The molecule has 0 aliphatic rings. The summed E-state index contributed by atoms with van der Waals surface area (Å²) in [4.78, 5) is 0. The number of benzene rings is 5. The molecule has 0 atom stereocenters. The van der Waals surface area contributed by atoms with E-state index in [9.17, 15) is 4.39 Å². The number of aromatic nitrogens is 2. The highest BCUT2D eigenvalue weighted by molar-refractivity contribution is 5.93. The van der Waals surface area contributed by atoms with Gasteiger partial charge in [0.2, 0.25) is 0 Å². The Labute approximate surface area is 225 Å². The first kappa shape index (κ1) is 24.3. The van der Waals surface area contributed by atoms with E-state index in [1.165, 1.54) is 12.1 Å². The standard InChI is InChI=1S/C34H25F2N3/c35-28-18-10-11-24(23-28)19-21-30-32-31(22-20-29(37)33(32)36)39(38-30)34(25-12-4-1-5-13-25,26-14-6-2-7-15-26)27-16-8-3-9-17-27/h1-23H,37H2/b21-19+. The summed E-state index contributed by atoms with van der Waals surface area (Å²) in [6, 6.07) is 39.8. The molecule has 5 heteroatoms. The fourth-order valence-electron chi connectivity index (χ4n) is 5.28. The number of nitrogen functional groups attached to an aromatic ring is 1. The van der Waals surface area contributed by atoms with Crippen molar-refractivity contribution in [2.24, 2.45) is 0 Å². The van der Waals surface area contributed by atoms with Crippen LogP contribution in [0.15, 0.2) is 127 Å². The molecule has 0 unspecified atom stereocenters. The monoisotopic (exact) mass is 513 g/mol. The van der Waals surface area contributed by atoms with Crippen LogP contribution in [0.3, 0.4) is 0 Å². The average Bonchev–Trinajstić information content (AvgIpc) is 3.35. The molecule has 6 aromatic rings. The van der Waals surface area contributed by atoms with Crippen LogP contribution in [0.25, 0.3) is 23.1 Å². The zero-order valence-electron chi connectivity index (χ0n) is 21.0. The van der Waals surface area contributed by atoms with Gasteiger partial charge in [-0.1, -0.05) is 109 Å². The third-order valence-corrected chi connectivity index (χ3v) is 7.02. The number of hydrogen-bond donors (Lipinski definition) is 1. The van der Waals surface area contributed by atoms with Crippen LogP contribution in [0.2, 0.25) is 0 Å². The molecule has 0 bridgehead atoms. The third-order valence-electron chi connectivity index (χ3n) is 7.02. The minimum absolute atomic E-state index is 0.0344. The Kier molecular flexibility index (Phi) is 6.25. The minimum atomic E-state index is -0.935. The largest absolute Gasteiger partial charge is 0.396 e. The fraction of sp³-hybridized carbons (Fsp3) is 0.0294. The van der Waals surface area contributed by atoms with E-state index in [1.54, 1.807) is 30.4 Å². The Morgan fingerprint density at radius 2 is 1.21 bits per heavy atom. The summed E-state index contributed by atoms with van der Waals surface area (Å²) in [7, 11) is 0. The van der Waals surface area contributed by atoms with Gasteiger partial charge in [0, 0.05) is 0 Å². The first-order valence-corrected chi connectivity index (χ1v) is 12.7. The van der Waals surface area contributed by atoms with Crippen LogP contribution in [-0.4, -0.2) is 9.78 Å². The topological polar surface area (TPSA) is 43.8 Å². The van der Waals surface area contributed by atoms with Gasteiger partial charge < -0.3 is 5.73 Å². The lowest BCUT2D eigenvalue weighted by Gasteiger charge is -2.37. The van der Waals surface area contributed by atoms with Gasteiger partial charge in [0.15, 0.2) is 5.82 Å². The van der Waals surface area contributed by atoms with Crippen molar-refractivity contribution in [2.45, 2.75) is 5.54 Å². The maximum Gasteiger partial charge on any atom is 0.157 e. The Morgan fingerprint density at radius 3 is 1.74 bits per heavy atom. The molecule has 0 saturated heterocycles. The second kappa shape index (κ2) is 10.0. The van der Waals surface area contributed by atoms with Crippen LogP contribution >= 0.6 is 0 Å². The maximum absolute atomic E-state index is 15.8. The van der Waals surface area contributed by atoms with Crippen LogP contribution in [0, 0.1) is 11.6 Å². The smallest absolute Gasteiger partial charge is 0.157 e. The lowest BCUT2D eigenvalue weighted by Crippen LogP contribution is -2.38. The predicted octanol–water partition coefficient (Wildman–Crippen LogP) is 7.91. The molecule has 0 amide bonds. The van der Waals surface area contributed by atoms with Crippen molar-refractivity contribution < 1.29 is 8.78 Å². The van der Waals surface area contributed by atoms with Crippen LogP contribution in [0.4, 0.5) is 14.5 Å². The molecular formula is C34H25F2N3. The summed E-state index contributed by atoms with van der Waals surface area (Å²) >= 11 is 0. The summed E-state index contributed by atoms with van der Waals surface area (Å²) in [5, 5.41) is 5.37. The second-order valence-corrected chi connectivity index (χ2v) is 9.36. The summed E-state index contributed by atoms with van der Waals surface area (Å²) in [5.41, 5.74) is 9.65. The number of nitrogens with zero attached hydrogens (tertiary/aromatic N) is 2. The Bertz CT molecular complexity index is 1680. The Balaban J connectivity index is 1.73. The first-order chi connectivity index (χ1) is 19.1. The van der Waals surface area contributed by atoms with Gasteiger partial charge in [-0.15, -0.1) is 0 Å². The molecule has 2 N–H and O–H groups in total. The summed E-state index contributed by atoms with van der Waals surface area (Å²) in [6.45, 7) is 0. The summed E-state index contributed by atoms with van der Waals surface area (Å²) < 4.78 is 31.5. The van der Waals surface area contributed by atoms with Gasteiger partial charge in [-0.05, 0) is 52.6 Å². The van der Waals surface area contributed by atoms with Gasteiger partial charge in [-0.2, -0.15) is 5.10 Å². The first-order valence-electron chi connectivity index (χ1n) is 12.7. The molecule has 5 aromatic carbocycles. The van der Waals surface area contributed by atoms with Crippen molar-refractivity contribution in [1.29, 1.82) is 0 Å². The van der Waals surface area contributed by atoms with Crippen molar-refractivity contribution in [3.63, 3.8) is 0 Å². The van der Waals surface area contributed by atoms with Gasteiger partial charge in [0.25, 0.3) is 0 Å². The van der Waals surface area contributed by atoms with Gasteiger partial charge >= 0.3 is 0 Å². The molecule has 0 radical (unpaired) electrons. The Morgan fingerprint density at radius 1 is 0.641 bits per heavy atom. The number of hydrogen-bond acceptors (Lipinski definition) is 2. The molecule has 0 fully saturated rings. The highest BCUT2D eigenvalue weighted by Crippen LogP contribution is 2.43. The molecule has 6 rings (SSSR count). The highest BCUT2D eigenvalue weighted by Gasteiger charge is 2.41. The maximum atomic E-state index is 15.8. The quantitative estimate of drug-likeness (QED) is 0.182. The molecule has 39 heavy (non-hydrogen) atoms. The van der Waals surface area contributed by atoms with Gasteiger partial charge in [-0.3, -0.25) is 0 Å². The van der Waals surface area contributed by atoms with Crippen molar-refractivity contribution in [3.8, 4) is 0 Å². The molecule has 0 aliphatic heterocycles. The predicted molar refractivity (Wildman–Crippen MR) is 154 cm³/mol. The lowest BCUT2D eigenvalue weighted by atomic mass is 9.77. The highest BCUT2D eigenvalue weighted by atomic mass is 19.1. The van der Waals surface area contributed by atoms with Crippen molar-refractivity contribution in [1.82, 2.24) is 9.78 Å². The molecule has 0 saturated carbocycles. The van der Waals surface area contributed by atoms with E-state index >= 15 is 4.39 Å². The van der Waals surface area contributed by atoms with E-state index in [2.05, 4.69) is 36.4 Å². The fourth-order valence-corrected chi connectivity index (χ4v) is 5.28. The van der Waals surface area contributed by atoms with E-state index in [1.807, 2.05) is 65.3 Å². The normalized spacial score (nSPS) is 11.8. The number of nitrogens with two attached hydrogens (primary N) is 1. The van der Waals surface area contributed by atoms with E-state index in [4.69, 9.17) is 10.8 Å². The van der Waals surface area contributed by atoms with Crippen molar-refractivity contribution in [3.05, 3.63) is 167 Å². The summed E-state index contributed by atoms with van der Waals surface area (Å²) in [6.07, 6.45) is 3.44. The second-order valence-electron chi connectivity index (χ2n) is 9.36. The van der Waals surface area contributed by atoms with Crippen LogP contribution in [0.5, 0.6) is 0 Å². The van der Waals surface area contributed by atoms with Gasteiger partial charge in [0.05, 0.1) is 22.3 Å². The van der Waals surface area contributed by atoms with E-state index in [0.29, 0.717) is 22.2 Å². The van der Waals surface area contributed by atoms with Crippen LogP contribution in [-0.2, 0) is 5.54 Å². The zero-order valence-corrected chi connectivity index (χ0v) is 21.0. The van der Waals surface area contributed by atoms with E-state index in [0.717, 1.165) is 16.7 Å². The van der Waals surface area contributed by atoms with Crippen molar-refractivity contribution >= 4 is 28.7 Å². The number of rotatable bonds is 6. The van der Waals surface area contributed by atoms with E-state index in [-0.39, 0.29) is 11.5 Å². The average molecular weight is 514 g/mol. The molecule has 1 heterocycles. The number of anilines is 1.